The number of carbonyl (C=O) groups excluding carboxylic acids is 1. The van der Waals surface area contributed by atoms with E-state index in [1.807, 2.05) is 25.9 Å². The van der Waals surface area contributed by atoms with Crippen LogP contribution in [0.15, 0.2) is 18.2 Å². The summed E-state index contributed by atoms with van der Waals surface area (Å²) in [5.41, 5.74) is 0.601. The van der Waals surface area contributed by atoms with Crippen LogP contribution in [0.1, 0.15) is 6.92 Å². The van der Waals surface area contributed by atoms with Crippen LogP contribution in [0.2, 0.25) is 10.0 Å². The molecule has 1 amide bonds. The summed E-state index contributed by atoms with van der Waals surface area (Å²) in [6, 6.07) is 4.67. The zero-order valence-electron chi connectivity index (χ0n) is 11.3. The fourth-order valence-electron chi connectivity index (χ4n) is 1.47. The van der Waals surface area contributed by atoms with E-state index in [1.54, 1.807) is 18.2 Å². The predicted molar refractivity (Wildman–Crippen MR) is 81.1 cm³/mol. The summed E-state index contributed by atoms with van der Waals surface area (Å²) in [7, 11) is 3.97. The van der Waals surface area contributed by atoms with E-state index < -0.39 is 0 Å². The van der Waals surface area contributed by atoms with Gasteiger partial charge >= 0.3 is 0 Å². The van der Waals surface area contributed by atoms with Crippen molar-refractivity contribution >= 4 is 34.8 Å². The molecule has 1 atom stereocenters. The molecule has 2 N–H and O–H groups in total. The number of nitrogens with one attached hydrogen (secondary N) is 2. The fraction of sp³-hybridized carbons (Fsp3) is 0.462. The molecule has 4 nitrogen and oxygen atoms in total. The Morgan fingerprint density at radius 1 is 1.26 bits per heavy atom. The van der Waals surface area contributed by atoms with Crippen LogP contribution in [-0.4, -0.2) is 44.0 Å². The Hall–Kier alpha value is -0.810. The van der Waals surface area contributed by atoms with Crippen molar-refractivity contribution in [3.05, 3.63) is 28.2 Å². The second-order valence-corrected chi connectivity index (χ2v) is 5.50. The molecule has 0 fully saturated rings. The smallest absolute Gasteiger partial charge is 0.241 e. The molecule has 0 aromatic heterocycles. The van der Waals surface area contributed by atoms with Crippen molar-refractivity contribution in [1.29, 1.82) is 0 Å². The van der Waals surface area contributed by atoms with Gasteiger partial charge in [-0.3, -0.25) is 4.79 Å². The Labute approximate surface area is 124 Å². The number of nitrogens with zero attached hydrogens (tertiary/aromatic N) is 1. The van der Waals surface area contributed by atoms with E-state index >= 15 is 0 Å². The summed E-state index contributed by atoms with van der Waals surface area (Å²) in [4.78, 5) is 14.0. The lowest BCUT2D eigenvalue weighted by atomic mass is 10.2. The molecule has 0 radical (unpaired) electrons. The third-order valence-corrected chi connectivity index (χ3v) is 2.97. The van der Waals surface area contributed by atoms with E-state index in [2.05, 4.69) is 10.6 Å². The lowest BCUT2D eigenvalue weighted by molar-refractivity contribution is -0.117. The summed E-state index contributed by atoms with van der Waals surface area (Å²) >= 11 is 11.7. The number of anilines is 1. The van der Waals surface area contributed by atoms with Gasteiger partial charge in [-0.05, 0) is 39.2 Å². The third kappa shape index (κ3) is 6.25. The highest BCUT2D eigenvalue weighted by Crippen LogP contribution is 2.22. The van der Waals surface area contributed by atoms with Gasteiger partial charge in [-0.15, -0.1) is 0 Å². The van der Waals surface area contributed by atoms with Gasteiger partial charge in [-0.2, -0.15) is 0 Å². The van der Waals surface area contributed by atoms with Crippen molar-refractivity contribution in [3.8, 4) is 0 Å². The molecule has 106 valence electrons. The average molecular weight is 304 g/mol. The Morgan fingerprint density at radius 2 is 1.84 bits per heavy atom. The first-order valence-corrected chi connectivity index (χ1v) is 6.79. The largest absolute Gasteiger partial charge is 0.325 e. The topological polar surface area (TPSA) is 44.4 Å². The van der Waals surface area contributed by atoms with Crippen LogP contribution in [0.4, 0.5) is 5.69 Å². The minimum Gasteiger partial charge on any atom is -0.325 e. The predicted octanol–water partition coefficient (Wildman–Crippen LogP) is 2.47. The molecule has 19 heavy (non-hydrogen) atoms. The summed E-state index contributed by atoms with van der Waals surface area (Å²) in [5.74, 6) is -0.114. The molecule has 0 aliphatic rings. The van der Waals surface area contributed by atoms with E-state index in [9.17, 15) is 4.79 Å². The molecule has 1 unspecified atom stereocenters. The molecule has 0 spiro atoms. The van der Waals surface area contributed by atoms with Crippen LogP contribution in [0.5, 0.6) is 0 Å². The van der Waals surface area contributed by atoms with E-state index in [1.165, 1.54) is 0 Å². The molecule has 1 rings (SSSR count). The Morgan fingerprint density at radius 3 is 2.37 bits per heavy atom. The third-order valence-electron chi connectivity index (χ3n) is 2.53. The number of amides is 1. The second-order valence-electron chi connectivity index (χ2n) is 4.63. The fourth-order valence-corrected chi connectivity index (χ4v) is 2.00. The monoisotopic (exact) mass is 303 g/mol. The molecule has 0 saturated carbocycles. The molecule has 0 heterocycles. The van der Waals surface area contributed by atoms with E-state index in [0.717, 1.165) is 13.1 Å². The van der Waals surface area contributed by atoms with Crippen molar-refractivity contribution in [3.63, 3.8) is 0 Å². The van der Waals surface area contributed by atoms with Crippen molar-refractivity contribution in [2.24, 2.45) is 0 Å². The second kappa shape index (κ2) is 7.70. The van der Waals surface area contributed by atoms with E-state index in [4.69, 9.17) is 23.2 Å². The maximum Gasteiger partial charge on any atom is 0.241 e. The minimum absolute atomic E-state index is 0.114. The van der Waals surface area contributed by atoms with Crippen molar-refractivity contribution in [1.82, 2.24) is 10.2 Å². The highest BCUT2D eigenvalue weighted by Gasteiger charge is 2.12. The van der Waals surface area contributed by atoms with Crippen LogP contribution in [0.25, 0.3) is 0 Å². The Balaban J connectivity index is 2.49. The Bertz CT molecular complexity index is 418. The molecule has 0 saturated heterocycles. The van der Waals surface area contributed by atoms with Gasteiger partial charge in [0, 0.05) is 28.8 Å². The number of likely N-dealkylation sites (N-methyl/N-ethyl adjacent to an activating group) is 1. The van der Waals surface area contributed by atoms with E-state index in [0.29, 0.717) is 15.7 Å². The number of rotatable bonds is 6. The first kappa shape index (κ1) is 16.2. The maximum atomic E-state index is 11.9. The Kier molecular flexibility index (Phi) is 6.58. The summed E-state index contributed by atoms with van der Waals surface area (Å²) in [6.45, 7) is 3.44. The number of halogens is 2. The van der Waals surface area contributed by atoms with Crippen LogP contribution in [0, 0.1) is 0 Å². The van der Waals surface area contributed by atoms with Gasteiger partial charge in [0.2, 0.25) is 5.91 Å². The molecule has 0 bridgehead atoms. The van der Waals surface area contributed by atoms with Crippen LogP contribution in [-0.2, 0) is 4.79 Å². The van der Waals surface area contributed by atoms with Gasteiger partial charge < -0.3 is 15.5 Å². The normalized spacial score (nSPS) is 12.5. The SMILES string of the molecule is CC(NCCN(C)C)C(=O)Nc1cc(Cl)cc(Cl)c1. The average Bonchev–Trinajstić information content (AvgIpc) is 2.26. The maximum absolute atomic E-state index is 11.9. The summed E-state index contributed by atoms with van der Waals surface area (Å²) in [6.07, 6.45) is 0. The minimum atomic E-state index is -0.280. The lowest BCUT2D eigenvalue weighted by Crippen LogP contribution is -2.41. The van der Waals surface area contributed by atoms with Gasteiger partial charge in [0.15, 0.2) is 0 Å². The molecule has 0 aliphatic heterocycles. The molecule has 1 aromatic rings. The zero-order chi connectivity index (χ0) is 14.4. The number of carbonyl (C=O) groups is 1. The van der Waals surface area contributed by atoms with Gasteiger partial charge in [0.25, 0.3) is 0 Å². The molecule has 1 aromatic carbocycles. The van der Waals surface area contributed by atoms with E-state index in [-0.39, 0.29) is 11.9 Å². The van der Waals surface area contributed by atoms with Crippen molar-refractivity contribution < 1.29 is 4.79 Å². The van der Waals surface area contributed by atoms with Gasteiger partial charge in [0.1, 0.15) is 0 Å². The first-order chi connectivity index (χ1) is 8.88. The van der Waals surface area contributed by atoms with Crippen LogP contribution >= 0.6 is 23.2 Å². The van der Waals surface area contributed by atoms with Crippen LogP contribution < -0.4 is 10.6 Å². The molecule has 6 heteroatoms. The highest BCUT2D eigenvalue weighted by molar-refractivity contribution is 6.35. The molecular weight excluding hydrogens is 285 g/mol. The van der Waals surface area contributed by atoms with Gasteiger partial charge in [-0.1, -0.05) is 23.2 Å². The van der Waals surface area contributed by atoms with Crippen LogP contribution in [0.3, 0.4) is 0 Å². The number of hydrogen-bond acceptors (Lipinski definition) is 3. The standard InChI is InChI=1S/C13H19Cl2N3O/c1-9(16-4-5-18(2)3)13(19)17-12-7-10(14)6-11(15)8-12/h6-9,16H,4-5H2,1-3H3,(H,17,19). The summed E-state index contributed by atoms with van der Waals surface area (Å²) in [5, 5.41) is 6.91. The van der Waals surface area contributed by atoms with Gasteiger partial charge in [-0.25, -0.2) is 0 Å². The first-order valence-electron chi connectivity index (χ1n) is 6.03. The highest BCUT2D eigenvalue weighted by atomic mass is 35.5. The molecule has 0 aliphatic carbocycles. The van der Waals surface area contributed by atoms with Gasteiger partial charge in [0.05, 0.1) is 6.04 Å². The van der Waals surface area contributed by atoms with Crippen molar-refractivity contribution in [2.75, 3.05) is 32.5 Å². The number of benzene rings is 1. The molecular formula is C13H19Cl2N3O. The summed E-state index contributed by atoms with van der Waals surface area (Å²) < 4.78 is 0. The van der Waals surface area contributed by atoms with Crippen molar-refractivity contribution in [2.45, 2.75) is 13.0 Å². The number of hydrogen-bond donors (Lipinski definition) is 2. The zero-order valence-corrected chi connectivity index (χ0v) is 12.8. The quantitative estimate of drug-likeness (QED) is 0.848. The lowest BCUT2D eigenvalue weighted by Gasteiger charge is -2.16.